The van der Waals surface area contributed by atoms with E-state index in [0.717, 1.165) is 29.7 Å². The van der Waals surface area contributed by atoms with Crippen molar-refractivity contribution < 1.29 is 46.8 Å². The van der Waals surface area contributed by atoms with Crippen LogP contribution in [0.4, 0.5) is 28.9 Å². The molecule has 0 saturated heterocycles. The second kappa shape index (κ2) is 21.0. The standard InChI is InChI=1S/C39H48BF2N7O8S.C2H6/c1-37(2,3)55-34(51)45-32(40-54-22-43)48-16-14-24(15-17-48)29-10-11-30(58-29)31(50)44-28-21-26(41)25(20-27(28)42)23-12-18-49(19-13-23)33(46-35(52)56-38(4,5)6)47-36(53)57-39(7,8)9;1-2/h10-12,14,20-21H,13,15-19H2,1-9H3,(H,44,50)(H,45,51)(H,46,47,52,53);1-2H3. The van der Waals surface area contributed by atoms with Gasteiger partial charge in [-0.3, -0.25) is 5.32 Å². The van der Waals surface area contributed by atoms with E-state index in [2.05, 4.69) is 20.9 Å². The molecule has 19 heteroatoms. The van der Waals surface area contributed by atoms with Crippen LogP contribution in [0.1, 0.15) is 109 Å². The number of rotatable bonds is 7. The predicted octanol–water partition coefficient (Wildman–Crippen LogP) is 8.03. The van der Waals surface area contributed by atoms with Crippen molar-refractivity contribution in [2.24, 2.45) is 4.99 Å². The number of thiophene rings is 1. The van der Waals surface area contributed by atoms with Crippen LogP contribution in [0.15, 0.2) is 41.4 Å². The van der Waals surface area contributed by atoms with E-state index in [0.29, 0.717) is 25.1 Å². The molecule has 0 saturated carbocycles. The number of nitriles is 1. The molecule has 15 nitrogen and oxygen atoms in total. The molecule has 3 N–H and O–H groups in total. The van der Waals surface area contributed by atoms with E-state index in [9.17, 15) is 19.2 Å². The number of nitrogens with one attached hydrogen (secondary N) is 3. The van der Waals surface area contributed by atoms with Gasteiger partial charge < -0.3 is 14.4 Å². The molecule has 1 aromatic carbocycles. The number of nitrogens with zero attached hydrogens (tertiary/aromatic N) is 4. The minimum absolute atomic E-state index is 0.00365. The van der Waals surface area contributed by atoms with Gasteiger partial charge in [0.15, 0.2) is 0 Å². The molecule has 0 bridgehead atoms. The summed E-state index contributed by atoms with van der Waals surface area (Å²) in [5.41, 5.74) is -1.08. The van der Waals surface area contributed by atoms with E-state index in [1.807, 2.05) is 19.9 Å². The van der Waals surface area contributed by atoms with Gasteiger partial charge in [-0.1, -0.05) is 19.9 Å². The predicted molar refractivity (Wildman–Crippen MR) is 228 cm³/mol. The third-order valence-corrected chi connectivity index (χ3v) is 9.07. The number of alkyl carbamates (subject to hydrolysis) is 2. The van der Waals surface area contributed by atoms with Gasteiger partial charge in [-0.05, 0) is 59.6 Å². The zero-order chi connectivity index (χ0) is 45.0. The molecule has 2 aliphatic heterocycles. The van der Waals surface area contributed by atoms with Crippen molar-refractivity contribution in [3.8, 4) is 6.26 Å². The molecule has 0 unspecified atom stereocenters. The van der Waals surface area contributed by atoms with Gasteiger partial charge in [0.05, 0.1) is 0 Å². The SMILES string of the molecule is CC.CC(C)(C)OC(=O)/N=C(/NC(=O)OC(C)(C)C)N1CC=C(c2cc(F)c(NC(=O)c3ccc(C4=CCN(C(=BOC#N)NC(=O)OC(C)(C)C)CC4)s3)cc2F)CC1. The van der Waals surface area contributed by atoms with Gasteiger partial charge in [-0.2, -0.15) is 0 Å². The maximum atomic E-state index is 15.5. The van der Waals surface area contributed by atoms with Crippen molar-refractivity contribution in [2.45, 2.75) is 106 Å². The molecule has 4 rings (SSSR count). The number of amides is 4. The van der Waals surface area contributed by atoms with Crippen LogP contribution >= 0.6 is 11.3 Å². The molecule has 4 amide bonds. The van der Waals surface area contributed by atoms with Crippen molar-refractivity contribution in [1.82, 2.24) is 20.4 Å². The first-order valence-electron chi connectivity index (χ1n) is 19.4. The fourth-order valence-corrected chi connectivity index (χ4v) is 6.51. The van der Waals surface area contributed by atoms with Crippen molar-refractivity contribution in [1.29, 1.82) is 5.26 Å². The Morgan fingerprint density at radius 3 is 1.92 bits per heavy atom. The van der Waals surface area contributed by atoms with Crippen molar-refractivity contribution >= 4 is 71.2 Å². The van der Waals surface area contributed by atoms with Crippen LogP contribution < -0.4 is 16.0 Å². The Morgan fingerprint density at radius 2 is 1.37 bits per heavy atom. The third-order valence-electron chi connectivity index (χ3n) is 7.91. The average molecular weight is 854 g/mol. The number of hydrogen-bond donors (Lipinski definition) is 3. The monoisotopic (exact) mass is 853 g/mol. The molecule has 2 aliphatic rings. The van der Waals surface area contributed by atoms with Gasteiger partial charge in [0.2, 0.25) is 5.96 Å². The van der Waals surface area contributed by atoms with E-state index in [1.165, 1.54) is 11.3 Å². The van der Waals surface area contributed by atoms with Gasteiger partial charge >= 0.3 is 191 Å². The Hall–Kier alpha value is -5.77. The van der Waals surface area contributed by atoms with Crippen LogP contribution in [0.3, 0.4) is 0 Å². The molecule has 0 radical (unpaired) electrons. The normalized spacial score (nSPS) is 14.8. The number of anilines is 1. The molecule has 3 heterocycles. The number of aliphatic imine (C=N–C) groups is 1. The van der Waals surface area contributed by atoms with Crippen LogP contribution in [0.5, 0.6) is 0 Å². The van der Waals surface area contributed by atoms with Crippen molar-refractivity contribution in [3.63, 3.8) is 0 Å². The quantitative estimate of drug-likeness (QED) is 0.0806. The molecule has 0 spiro atoms. The fourth-order valence-electron chi connectivity index (χ4n) is 5.54. The van der Waals surface area contributed by atoms with Crippen LogP contribution in [0.25, 0.3) is 11.1 Å². The van der Waals surface area contributed by atoms with Crippen LogP contribution in [-0.4, -0.2) is 95.8 Å². The van der Waals surface area contributed by atoms with Gasteiger partial charge in [0.1, 0.15) is 17.0 Å². The first-order chi connectivity index (χ1) is 28.0. The first kappa shape index (κ1) is 48.6. The van der Waals surface area contributed by atoms with Crippen LogP contribution in [0.2, 0.25) is 0 Å². The van der Waals surface area contributed by atoms with Gasteiger partial charge in [0, 0.05) is 18.7 Å². The molecule has 2 aromatic rings. The number of benzene rings is 1. The smallest absolute Gasteiger partial charge is 0.206 e. The summed E-state index contributed by atoms with van der Waals surface area (Å²) in [5, 5.41) is 16.4. The fraction of sp³-hybridized carbons (Fsp3) is 0.488. The number of carbonyl (C=O) groups excluding carboxylic acids is 4. The Bertz CT molecular complexity index is 2070. The second-order valence-corrected chi connectivity index (χ2v) is 17.2. The third kappa shape index (κ3) is 15.4. The molecule has 60 heavy (non-hydrogen) atoms. The summed E-state index contributed by atoms with van der Waals surface area (Å²) in [6.07, 6.45) is 3.32. The number of ether oxygens (including phenoxy) is 3. The molecular weight excluding hydrogens is 799 g/mol. The average Bonchev–Trinajstić information content (AvgIpc) is 3.64. The number of carbonyl (C=O) groups is 4. The zero-order valence-electron chi connectivity index (χ0n) is 36.0. The summed E-state index contributed by atoms with van der Waals surface area (Å²) >= 11 is 1.18. The van der Waals surface area contributed by atoms with E-state index >= 15 is 8.78 Å². The van der Waals surface area contributed by atoms with Crippen LogP contribution in [0, 0.1) is 23.2 Å². The number of halogens is 2. The Morgan fingerprint density at radius 1 is 0.800 bits per heavy atom. The van der Waals surface area contributed by atoms with Gasteiger partial charge in [-0.25, -0.2) is 18.4 Å². The molecule has 1 aromatic heterocycles. The summed E-state index contributed by atoms with van der Waals surface area (Å²) in [7, 11) is 1.13. The summed E-state index contributed by atoms with van der Waals surface area (Å²) in [4.78, 5) is 59.0. The van der Waals surface area contributed by atoms with Crippen LogP contribution in [-0.2, 0) is 18.9 Å². The summed E-state index contributed by atoms with van der Waals surface area (Å²) < 4.78 is 51.6. The van der Waals surface area contributed by atoms with E-state index < -0.39 is 52.6 Å². The molecule has 0 atom stereocenters. The summed E-state index contributed by atoms with van der Waals surface area (Å²) in [5.74, 6) is -2.35. The minimum Gasteiger partial charge on any atom is -0.206 e. The zero-order valence-corrected chi connectivity index (χ0v) is 36.8. The first-order valence-corrected chi connectivity index (χ1v) is 20.2. The van der Waals surface area contributed by atoms with Gasteiger partial charge in [-0.15, -0.1) is 4.99 Å². The molecule has 0 aliphatic carbocycles. The number of hydrogen-bond acceptors (Lipinski definition) is 11. The Kier molecular flexibility index (Phi) is 17.0. The Balaban J connectivity index is 0.00000473. The topological polar surface area (TPSA) is 184 Å². The van der Waals surface area contributed by atoms with E-state index in [-0.39, 0.29) is 47.3 Å². The molecule has 324 valence electrons. The number of guanidine groups is 1. The van der Waals surface area contributed by atoms with E-state index in [1.54, 1.807) is 96.6 Å². The molecule has 0 fully saturated rings. The van der Waals surface area contributed by atoms with Crippen molar-refractivity contribution in [3.05, 3.63) is 63.4 Å². The Labute approximate surface area is 354 Å². The minimum atomic E-state index is -0.933. The summed E-state index contributed by atoms with van der Waals surface area (Å²) in [6, 6.07) is 5.30. The summed E-state index contributed by atoms with van der Waals surface area (Å²) in [6.45, 7) is 20.3. The maximum absolute atomic E-state index is 15.5. The molecular formula is C41H54BF2N7O8S. The van der Waals surface area contributed by atoms with Gasteiger partial charge in [0.25, 0.3) is 0 Å². The van der Waals surface area contributed by atoms with Crippen molar-refractivity contribution in [2.75, 3.05) is 31.5 Å². The van der Waals surface area contributed by atoms with E-state index in [4.69, 9.17) is 24.1 Å². The second-order valence-electron chi connectivity index (χ2n) is 16.2.